The monoisotopic (exact) mass is 317 g/mol. The van der Waals surface area contributed by atoms with E-state index in [9.17, 15) is 4.39 Å². The van der Waals surface area contributed by atoms with Crippen molar-refractivity contribution in [3.05, 3.63) is 35.6 Å². The van der Waals surface area contributed by atoms with Gasteiger partial charge in [0.1, 0.15) is 5.82 Å². The molecule has 4 nitrogen and oxygen atoms in total. The van der Waals surface area contributed by atoms with Gasteiger partial charge < -0.3 is 15.4 Å². The molecule has 1 saturated carbocycles. The Labute approximate surface area is 136 Å². The van der Waals surface area contributed by atoms with Gasteiger partial charge >= 0.3 is 0 Å². The molecule has 2 aliphatic heterocycles. The third kappa shape index (κ3) is 2.94. The zero-order valence-corrected chi connectivity index (χ0v) is 13.5. The van der Waals surface area contributed by atoms with E-state index in [1.54, 1.807) is 19.2 Å². The number of fused-ring (bicyclic) bond motifs is 2. The van der Waals surface area contributed by atoms with E-state index in [4.69, 9.17) is 4.74 Å². The smallest absolute Gasteiger partial charge is 0.191 e. The second-order valence-electron chi connectivity index (χ2n) is 7.07. The number of benzene rings is 1. The number of nitrogens with zero attached hydrogens (tertiary/aromatic N) is 1. The molecule has 2 N–H and O–H groups in total. The van der Waals surface area contributed by atoms with Crippen molar-refractivity contribution in [3.8, 4) is 0 Å². The van der Waals surface area contributed by atoms with Crippen LogP contribution >= 0.6 is 0 Å². The van der Waals surface area contributed by atoms with E-state index >= 15 is 0 Å². The summed E-state index contributed by atoms with van der Waals surface area (Å²) in [5, 5.41) is 6.97. The van der Waals surface area contributed by atoms with Crippen LogP contribution in [0, 0.1) is 5.82 Å². The maximum absolute atomic E-state index is 13.1. The van der Waals surface area contributed by atoms with Gasteiger partial charge in [-0.3, -0.25) is 4.99 Å². The maximum Gasteiger partial charge on any atom is 0.191 e. The number of hydrogen-bond donors (Lipinski definition) is 2. The molecule has 1 aromatic carbocycles. The molecular weight excluding hydrogens is 293 g/mol. The summed E-state index contributed by atoms with van der Waals surface area (Å²) in [7, 11) is 1.81. The molecule has 1 aliphatic carbocycles. The Morgan fingerprint density at radius 2 is 2.09 bits per heavy atom. The summed E-state index contributed by atoms with van der Waals surface area (Å²) >= 11 is 0. The molecule has 3 fully saturated rings. The Bertz CT molecular complexity index is 597. The first-order valence-corrected chi connectivity index (χ1v) is 8.57. The minimum absolute atomic E-state index is 0.135. The van der Waals surface area contributed by atoms with Crippen molar-refractivity contribution >= 4 is 5.96 Å². The Hall–Kier alpha value is -1.62. The third-order valence-corrected chi connectivity index (χ3v) is 5.56. The lowest BCUT2D eigenvalue weighted by molar-refractivity contribution is 0.0992. The Morgan fingerprint density at radius 1 is 1.30 bits per heavy atom. The van der Waals surface area contributed by atoms with E-state index in [0.29, 0.717) is 18.2 Å². The second kappa shape index (κ2) is 5.78. The van der Waals surface area contributed by atoms with Crippen molar-refractivity contribution < 1.29 is 9.13 Å². The molecule has 3 aliphatic rings. The molecule has 0 radical (unpaired) electrons. The summed E-state index contributed by atoms with van der Waals surface area (Å²) in [5.41, 5.74) is 1.35. The van der Waals surface area contributed by atoms with Crippen molar-refractivity contribution in [3.63, 3.8) is 0 Å². The van der Waals surface area contributed by atoms with Crippen LogP contribution in [-0.4, -0.2) is 37.8 Å². The lowest BCUT2D eigenvalue weighted by atomic mass is 9.95. The summed E-state index contributed by atoms with van der Waals surface area (Å²) in [6, 6.07) is 7.29. The van der Waals surface area contributed by atoms with E-state index in [2.05, 4.69) is 15.6 Å². The molecule has 124 valence electrons. The Kier molecular flexibility index (Phi) is 3.76. The molecule has 2 saturated heterocycles. The quantitative estimate of drug-likeness (QED) is 0.662. The number of guanidine groups is 1. The van der Waals surface area contributed by atoms with Crippen molar-refractivity contribution in [2.45, 2.75) is 55.8 Å². The van der Waals surface area contributed by atoms with Crippen LogP contribution in [0.25, 0.3) is 0 Å². The summed E-state index contributed by atoms with van der Waals surface area (Å²) in [5.74, 6) is 0.672. The van der Waals surface area contributed by atoms with Crippen LogP contribution in [0.4, 0.5) is 4.39 Å². The number of aliphatic imine (C=N–C) groups is 1. The van der Waals surface area contributed by atoms with Crippen LogP contribution in [0.2, 0.25) is 0 Å². The first kappa shape index (κ1) is 14.9. The fraction of sp³-hybridized carbons (Fsp3) is 0.611. The molecule has 3 unspecified atom stereocenters. The lowest BCUT2D eigenvalue weighted by Crippen LogP contribution is -2.49. The molecule has 0 amide bonds. The number of halogens is 1. The van der Waals surface area contributed by atoms with Crippen molar-refractivity contribution in [1.29, 1.82) is 0 Å². The van der Waals surface area contributed by atoms with Crippen LogP contribution in [-0.2, 0) is 10.2 Å². The highest BCUT2D eigenvalue weighted by Gasteiger charge is 2.45. The molecule has 2 heterocycles. The van der Waals surface area contributed by atoms with Gasteiger partial charge in [-0.25, -0.2) is 4.39 Å². The van der Waals surface area contributed by atoms with Gasteiger partial charge in [0.15, 0.2) is 5.96 Å². The minimum atomic E-state index is -0.175. The van der Waals surface area contributed by atoms with Crippen LogP contribution in [0.1, 0.15) is 37.7 Å². The van der Waals surface area contributed by atoms with Gasteiger partial charge in [-0.15, -0.1) is 0 Å². The van der Waals surface area contributed by atoms with E-state index < -0.39 is 0 Å². The highest BCUT2D eigenvalue weighted by Crippen LogP contribution is 2.47. The van der Waals surface area contributed by atoms with Crippen molar-refractivity contribution in [1.82, 2.24) is 10.6 Å². The van der Waals surface area contributed by atoms with Crippen LogP contribution in [0.5, 0.6) is 0 Å². The molecule has 23 heavy (non-hydrogen) atoms. The third-order valence-electron chi connectivity index (χ3n) is 5.56. The Morgan fingerprint density at radius 3 is 2.65 bits per heavy atom. The fourth-order valence-corrected chi connectivity index (χ4v) is 3.93. The minimum Gasteiger partial charge on any atom is -0.373 e. The molecular formula is C18H24FN3O. The van der Waals surface area contributed by atoms with E-state index in [1.807, 2.05) is 12.1 Å². The SMILES string of the molecule is CN=C(NCC1(c2ccc(F)cc2)CC1)NC1CC2CCC1O2. The highest BCUT2D eigenvalue weighted by atomic mass is 19.1. The molecule has 0 aromatic heterocycles. The molecule has 3 atom stereocenters. The van der Waals surface area contributed by atoms with Gasteiger partial charge in [0.05, 0.1) is 18.2 Å². The molecule has 2 bridgehead atoms. The number of hydrogen-bond acceptors (Lipinski definition) is 2. The summed E-state index contributed by atoms with van der Waals surface area (Å²) < 4.78 is 19.0. The number of rotatable bonds is 4. The first-order valence-electron chi connectivity index (χ1n) is 8.57. The van der Waals surface area contributed by atoms with Crippen molar-refractivity contribution in [2.24, 2.45) is 4.99 Å². The molecule has 0 spiro atoms. The molecule has 1 aromatic rings. The molecule has 5 heteroatoms. The van der Waals surface area contributed by atoms with Gasteiger partial charge in [0, 0.05) is 19.0 Å². The summed E-state index contributed by atoms with van der Waals surface area (Å²) in [6.45, 7) is 0.833. The Balaban J connectivity index is 1.35. The summed E-state index contributed by atoms with van der Waals surface area (Å²) in [6.07, 6.45) is 6.48. The van der Waals surface area contributed by atoms with E-state index in [1.165, 1.54) is 12.0 Å². The number of nitrogens with one attached hydrogen (secondary N) is 2. The fourth-order valence-electron chi connectivity index (χ4n) is 3.93. The van der Waals surface area contributed by atoms with Gasteiger partial charge in [-0.05, 0) is 49.8 Å². The zero-order valence-electron chi connectivity index (χ0n) is 13.5. The van der Waals surface area contributed by atoms with Crippen LogP contribution in [0.3, 0.4) is 0 Å². The molecule has 4 rings (SSSR count). The first-order chi connectivity index (χ1) is 11.2. The predicted octanol–water partition coefficient (Wildman–Crippen LogP) is 2.34. The average Bonchev–Trinajstić information content (AvgIpc) is 3.06. The standard InChI is InChI=1S/C18H24FN3O/c1-20-17(22-15-10-14-6-7-16(15)23-14)21-11-18(8-9-18)12-2-4-13(19)5-3-12/h2-5,14-16H,6-11H2,1H3,(H2,20,21,22). The maximum atomic E-state index is 13.1. The van der Waals surface area contributed by atoms with Crippen LogP contribution < -0.4 is 10.6 Å². The topological polar surface area (TPSA) is 45.7 Å². The largest absolute Gasteiger partial charge is 0.373 e. The second-order valence-corrected chi connectivity index (χ2v) is 7.07. The van der Waals surface area contributed by atoms with Gasteiger partial charge in [0.2, 0.25) is 0 Å². The van der Waals surface area contributed by atoms with Crippen LogP contribution in [0.15, 0.2) is 29.3 Å². The number of ether oxygens (including phenoxy) is 1. The predicted molar refractivity (Wildman–Crippen MR) is 88.1 cm³/mol. The zero-order chi connectivity index (χ0) is 15.9. The van der Waals surface area contributed by atoms with E-state index in [0.717, 1.165) is 38.2 Å². The lowest BCUT2D eigenvalue weighted by Gasteiger charge is -2.24. The van der Waals surface area contributed by atoms with Gasteiger partial charge in [-0.1, -0.05) is 12.1 Å². The van der Waals surface area contributed by atoms with Crippen molar-refractivity contribution in [2.75, 3.05) is 13.6 Å². The normalized spacial score (nSPS) is 31.2. The summed E-state index contributed by atoms with van der Waals surface area (Å²) in [4.78, 5) is 4.35. The van der Waals surface area contributed by atoms with Gasteiger partial charge in [0.25, 0.3) is 0 Å². The average molecular weight is 317 g/mol. The van der Waals surface area contributed by atoms with E-state index in [-0.39, 0.29) is 11.2 Å². The van der Waals surface area contributed by atoms with Gasteiger partial charge in [-0.2, -0.15) is 0 Å². The highest BCUT2D eigenvalue weighted by molar-refractivity contribution is 5.80.